The number of nitrogens with one attached hydrogen (secondary N) is 1. The molecule has 1 aliphatic heterocycles. The van der Waals surface area contributed by atoms with Gasteiger partial charge in [0.25, 0.3) is 0 Å². The van der Waals surface area contributed by atoms with Gasteiger partial charge in [-0.15, -0.1) is 0 Å². The maximum absolute atomic E-state index is 3.79. The molecule has 2 nitrogen and oxygen atoms in total. The van der Waals surface area contributed by atoms with Crippen LogP contribution < -0.4 is 5.32 Å². The van der Waals surface area contributed by atoms with Gasteiger partial charge in [0.2, 0.25) is 0 Å². The molecule has 3 unspecified atom stereocenters. The van der Waals surface area contributed by atoms with Crippen molar-refractivity contribution < 1.29 is 0 Å². The number of benzene rings is 1. The van der Waals surface area contributed by atoms with Crippen molar-refractivity contribution in [2.45, 2.75) is 58.7 Å². The summed E-state index contributed by atoms with van der Waals surface area (Å²) < 4.78 is 1.17. The molecule has 1 fully saturated rings. The first kappa shape index (κ1) is 17.0. The van der Waals surface area contributed by atoms with Gasteiger partial charge in [-0.25, -0.2) is 0 Å². The van der Waals surface area contributed by atoms with Crippen LogP contribution in [0.5, 0.6) is 0 Å². The topological polar surface area (TPSA) is 15.3 Å². The first-order valence-corrected chi connectivity index (χ1v) is 9.00. The molecule has 0 aliphatic carbocycles. The zero-order chi connectivity index (χ0) is 15.5. The third-order valence-electron chi connectivity index (χ3n) is 5.11. The number of hydrogen-bond donors (Lipinski definition) is 1. The minimum atomic E-state index is 0.246. The SMILES string of the molecule is CCC(C)C1CNC(C)(CC)CN1Cc1cccc(Br)c1. The molecule has 1 aliphatic rings. The summed E-state index contributed by atoms with van der Waals surface area (Å²) in [5.41, 5.74) is 1.65. The Morgan fingerprint density at radius 2 is 2.19 bits per heavy atom. The van der Waals surface area contributed by atoms with Gasteiger partial charge in [0.05, 0.1) is 0 Å². The molecule has 1 N–H and O–H groups in total. The van der Waals surface area contributed by atoms with E-state index in [-0.39, 0.29) is 5.54 Å². The van der Waals surface area contributed by atoms with Gasteiger partial charge >= 0.3 is 0 Å². The summed E-state index contributed by atoms with van der Waals surface area (Å²) in [4.78, 5) is 2.69. The van der Waals surface area contributed by atoms with E-state index in [4.69, 9.17) is 0 Å². The molecule has 1 heterocycles. The van der Waals surface area contributed by atoms with E-state index < -0.39 is 0 Å². The molecule has 2 rings (SSSR count). The molecule has 0 spiro atoms. The quantitative estimate of drug-likeness (QED) is 0.842. The third-order valence-corrected chi connectivity index (χ3v) is 5.61. The fraction of sp³-hybridized carbons (Fsp3) is 0.667. The Morgan fingerprint density at radius 3 is 2.81 bits per heavy atom. The number of piperazine rings is 1. The summed E-state index contributed by atoms with van der Waals surface area (Å²) in [5.74, 6) is 0.728. The third kappa shape index (κ3) is 4.30. The second kappa shape index (κ2) is 7.26. The average molecular weight is 353 g/mol. The van der Waals surface area contributed by atoms with E-state index in [0.29, 0.717) is 6.04 Å². The summed E-state index contributed by atoms with van der Waals surface area (Å²) >= 11 is 3.59. The number of rotatable bonds is 5. The summed E-state index contributed by atoms with van der Waals surface area (Å²) in [6.45, 7) is 12.6. The lowest BCUT2D eigenvalue weighted by atomic mass is 9.88. The Morgan fingerprint density at radius 1 is 1.43 bits per heavy atom. The van der Waals surface area contributed by atoms with Gasteiger partial charge in [0, 0.05) is 35.7 Å². The fourth-order valence-electron chi connectivity index (χ4n) is 3.21. The molecule has 0 aromatic heterocycles. The Bertz CT molecular complexity index is 462. The Balaban J connectivity index is 2.16. The highest BCUT2D eigenvalue weighted by atomic mass is 79.9. The predicted molar refractivity (Wildman–Crippen MR) is 94.5 cm³/mol. The van der Waals surface area contributed by atoms with Crippen LogP contribution in [0.15, 0.2) is 28.7 Å². The van der Waals surface area contributed by atoms with Crippen molar-refractivity contribution in [1.29, 1.82) is 0 Å². The molecule has 0 bridgehead atoms. The van der Waals surface area contributed by atoms with Crippen molar-refractivity contribution in [3.63, 3.8) is 0 Å². The van der Waals surface area contributed by atoms with Crippen molar-refractivity contribution in [1.82, 2.24) is 10.2 Å². The predicted octanol–water partition coefficient (Wildman–Crippen LogP) is 4.44. The van der Waals surface area contributed by atoms with E-state index in [1.807, 2.05) is 0 Å². The molecule has 0 amide bonds. The van der Waals surface area contributed by atoms with Crippen LogP contribution in [0.2, 0.25) is 0 Å². The van der Waals surface area contributed by atoms with E-state index in [1.54, 1.807) is 0 Å². The smallest absolute Gasteiger partial charge is 0.0278 e. The van der Waals surface area contributed by atoms with Crippen LogP contribution in [0.4, 0.5) is 0 Å². The molecule has 21 heavy (non-hydrogen) atoms. The van der Waals surface area contributed by atoms with Gasteiger partial charge in [-0.2, -0.15) is 0 Å². The Hall–Kier alpha value is -0.380. The molecule has 3 atom stereocenters. The fourth-order valence-corrected chi connectivity index (χ4v) is 3.66. The minimum absolute atomic E-state index is 0.246. The van der Waals surface area contributed by atoms with Crippen LogP contribution in [-0.4, -0.2) is 29.6 Å². The van der Waals surface area contributed by atoms with E-state index in [1.165, 1.54) is 22.9 Å². The first-order chi connectivity index (χ1) is 9.97. The summed E-state index contributed by atoms with van der Waals surface area (Å²) in [6.07, 6.45) is 2.42. The number of nitrogens with zero attached hydrogens (tertiary/aromatic N) is 1. The number of halogens is 1. The highest BCUT2D eigenvalue weighted by Crippen LogP contribution is 2.26. The molecule has 1 aromatic carbocycles. The zero-order valence-corrected chi connectivity index (χ0v) is 15.4. The molecule has 0 saturated carbocycles. The minimum Gasteiger partial charge on any atom is -0.309 e. The lowest BCUT2D eigenvalue weighted by Crippen LogP contribution is -2.63. The maximum atomic E-state index is 3.79. The zero-order valence-electron chi connectivity index (χ0n) is 13.8. The lowest BCUT2D eigenvalue weighted by Gasteiger charge is -2.48. The molecule has 1 saturated heterocycles. The highest BCUT2D eigenvalue weighted by Gasteiger charge is 2.36. The van der Waals surface area contributed by atoms with Crippen LogP contribution in [0, 0.1) is 5.92 Å². The van der Waals surface area contributed by atoms with Crippen LogP contribution in [0.25, 0.3) is 0 Å². The van der Waals surface area contributed by atoms with E-state index in [0.717, 1.165) is 25.6 Å². The standard InChI is InChI=1S/C18H29BrN2/c1-5-14(3)17-11-20-18(4,6-2)13-21(17)12-15-8-7-9-16(19)10-15/h7-10,14,17,20H,5-6,11-13H2,1-4H3. The van der Waals surface area contributed by atoms with Crippen molar-refractivity contribution in [3.8, 4) is 0 Å². The molecular weight excluding hydrogens is 324 g/mol. The summed E-state index contributed by atoms with van der Waals surface area (Å²) in [7, 11) is 0. The van der Waals surface area contributed by atoms with Gasteiger partial charge in [0.15, 0.2) is 0 Å². The number of hydrogen-bond acceptors (Lipinski definition) is 2. The van der Waals surface area contributed by atoms with Gasteiger partial charge < -0.3 is 5.32 Å². The highest BCUT2D eigenvalue weighted by molar-refractivity contribution is 9.10. The first-order valence-electron chi connectivity index (χ1n) is 8.21. The average Bonchev–Trinajstić information content (AvgIpc) is 2.47. The van der Waals surface area contributed by atoms with Crippen LogP contribution in [0.1, 0.15) is 46.1 Å². The molecule has 118 valence electrons. The molecule has 3 heteroatoms. The largest absolute Gasteiger partial charge is 0.309 e. The van der Waals surface area contributed by atoms with Gasteiger partial charge in [-0.05, 0) is 37.0 Å². The second-order valence-electron chi connectivity index (χ2n) is 6.78. The van der Waals surface area contributed by atoms with E-state index >= 15 is 0 Å². The van der Waals surface area contributed by atoms with Gasteiger partial charge in [-0.1, -0.05) is 55.3 Å². The molecule has 1 aromatic rings. The maximum Gasteiger partial charge on any atom is 0.0278 e. The van der Waals surface area contributed by atoms with Crippen molar-refractivity contribution in [2.75, 3.05) is 13.1 Å². The van der Waals surface area contributed by atoms with Crippen LogP contribution in [0.3, 0.4) is 0 Å². The normalized spacial score (nSPS) is 28.5. The molecular formula is C18H29BrN2. The van der Waals surface area contributed by atoms with E-state index in [2.05, 4.69) is 78.1 Å². The monoisotopic (exact) mass is 352 g/mol. The van der Waals surface area contributed by atoms with Gasteiger partial charge in [-0.3, -0.25) is 4.90 Å². The van der Waals surface area contributed by atoms with Crippen molar-refractivity contribution in [3.05, 3.63) is 34.3 Å². The van der Waals surface area contributed by atoms with Crippen LogP contribution >= 0.6 is 15.9 Å². The Kier molecular flexibility index (Phi) is 5.87. The van der Waals surface area contributed by atoms with Crippen molar-refractivity contribution in [2.24, 2.45) is 5.92 Å². The second-order valence-corrected chi connectivity index (χ2v) is 7.70. The summed E-state index contributed by atoms with van der Waals surface area (Å²) in [6, 6.07) is 9.36. The van der Waals surface area contributed by atoms with E-state index in [9.17, 15) is 0 Å². The summed E-state index contributed by atoms with van der Waals surface area (Å²) in [5, 5.41) is 3.79. The Labute approximate surface area is 138 Å². The van der Waals surface area contributed by atoms with Gasteiger partial charge in [0.1, 0.15) is 0 Å². The molecule has 0 radical (unpaired) electrons. The van der Waals surface area contributed by atoms with Crippen LogP contribution in [-0.2, 0) is 6.54 Å². The van der Waals surface area contributed by atoms with Crippen molar-refractivity contribution >= 4 is 15.9 Å². The lowest BCUT2D eigenvalue weighted by molar-refractivity contribution is 0.0487.